The van der Waals surface area contributed by atoms with Gasteiger partial charge in [-0.2, -0.15) is 0 Å². The van der Waals surface area contributed by atoms with Crippen LogP contribution in [-0.2, 0) is 14.3 Å². The summed E-state index contributed by atoms with van der Waals surface area (Å²) in [6, 6.07) is 10.5. The number of carbonyl (C=O) groups excluding carboxylic acids is 2. The number of morpholine rings is 1. The van der Waals surface area contributed by atoms with E-state index in [4.69, 9.17) is 9.47 Å². The number of hydrogen-bond donors (Lipinski definition) is 1. The maximum Gasteiger partial charge on any atom is 0.407 e. The second kappa shape index (κ2) is 9.59. The first-order valence-electron chi connectivity index (χ1n) is 10.8. The lowest BCUT2D eigenvalue weighted by Gasteiger charge is -2.32. The van der Waals surface area contributed by atoms with Gasteiger partial charge in [0, 0.05) is 51.1 Å². The molecule has 4 rings (SSSR count). The Hall–Kier alpha value is -2.12. The van der Waals surface area contributed by atoms with Crippen LogP contribution in [0.2, 0.25) is 0 Å². The van der Waals surface area contributed by atoms with Gasteiger partial charge in [-0.15, -0.1) is 0 Å². The molecule has 2 atom stereocenters. The smallest absolute Gasteiger partial charge is 0.407 e. The summed E-state index contributed by atoms with van der Waals surface area (Å²) in [7, 11) is 0. The summed E-state index contributed by atoms with van der Waals surface area (Å²) in [5.74, 6) is 0.623. The summed E-state index contributed by atoms with van der Waals surface area (Å²) >= 11 is 0. The van der Waals surface area contributed by atoms with Gasteiger partial charge in [0.15, 0.2) is 0 Å². The number of nitrogens with one attached hydrogen (secondary N) is 1. The molecule has 1 N–H and O–H groups in total. The summed E-state index contributed by atoms with van der Waals surface area (Å²) in [5, 5.41) is 3.00. The Bertz CT molecular complexity index is 685. The molecule has 0 unspecified atom stereocenters. The molecule has 0 spiro atoms. The number of amides is 2. The molecule has 1 aliphatic carbocycles. The zero-order valence-corrected chi connectivity index (χ0v) is 16.9. The summed E-state index contributed by atoms with van der Waals surface area (Å²) in [6.07, 6.45) is 2.85. The molecular formula is C22H31N3O4. The SMILES string of the molecule is O=C(N[C@@H]1C[C@H]1c1ccccc1)OC1CCN(CCC(=O)N2CCOCC2)CC1. The molecule has 3 aliphatic rings. The average molecular weight is 402 g/mol. The zero-order valence-electron chi connectivity index (χ0n) is 16.9. The summed E-state index contributed by atoms with van der Waals surface area (Å²) in [6.45, 7) is 5.20. The molecule has 1 aromatic carbocycles. The Morgan fingerprint density at radius 3 is 2.52 bits per heavy atom. The van der Waals surface area contributed by atoms with E-state index in [9.17, 15) is 9.59 Å². The van der Waals surface area contributed by atoms with Crippen molar-refractivity contribution in [2.75, 3.05) is 45.9 Å². The summed E-state index contributed by atoms with van der Waals surface area (Å²) in [4.78, 5) is 28.6. The van der Waals surface area contributed by atoms with E-state index in [1.54, 1.807) is 0 Å². The minimum absolute atomic E-state index is 0.0323. The van der Waals surface area contributed by atoms with Crippen molar-refractivity contribution >= 4 is 12.0 Å². The predicted molar refractivity (Wildman–Crippen MR) is 109 cm³/mol. The van der Waals surface area contributed by atoms with Crippen LogP contribution in [0, 0.1) is 0 Å². The van der Waals surface area contributed by atoms with Gasteiger partial charge in [0.25, 0.3) is 0 Å². The van der Waals surface area contributed by atoms with E-state index in [0.29, 0.717) is 38.6 Å². The largest absolute Gasteiger partial charge is 0.446 e. The van der Waals surface area contributed by atoms with Gasteiger partial charge >= 0.3 is 6.09 Å². The molecular weight excluding hydrogens is 370 g/mol. The van der Waals surface area contributed by atoms with Crippen LogP contribution in [0.5, 0.6) is 0 Å². The molecule has 158 valence electrons. The predicted octanol–water partition coefficient (Wildman–Crippen LogP) is 1.98. The maximum atomic E-state index is 12.3. The molecule has 1 saturated carbocycles. The number of piperidine rings is 1. The number of likely N-dealkylation sites (tertiary alicyclic amines) is 1. The highest BCUT2D eigenvalue weighted by molar-refractivity contribution is 5.76. The van der Waals surface area contributed by atoms with Gasteiger partial charge < -0.3 is 24.6 Å². The van der Waals surface area contributed by atoms with Gasteiger partial charge in [-0.1, -0.05) is 30.3 Å². The lowest BCUT2D eigenvalue weighted by molar-refractivity contribution is -0.135. The fourth-order valence-electron chi connectivity index (χ4n) is 4.24. The number of ether oxygens (including phenoxy) is 2. The molecule has 2 aliphatic heterocycles. The Balaban J connectivity index is 1.10. The molecule has 7 heteroatoms. The molecule has 3 fully saturated rings. The van der Waals surface area contributed by atoms with Crippen LogP contribution in [0.25, 0.3) is 0 Å². The van der Waals surface area contributed by atoms with Crippen LogP contribution in [-0.4, -0.2) is 79.9 Å². The van der Waals surface area contributed by atoms with E-state index in [0.717, 1.165) is 38.9 Å². The molecule has 1 aromatic rings. The van der Waals surface area contributed by atoms with Gasteiger partial charge in [0.2, 0.25) is 5.91 Å². The van der Waals surface area contributed by atoms with E-state index in [1.807, 2.05) is 23.1 Å². The number of benzene rings is 1. The van der Waals surface area contributed by atoms with Crippen LogP contribution in [0.1, 0.15) is 37.2 Å². The molecule has 29 heavy (non-hydrogen) atoms. The van der Waals surface area contributed by atoms with E-state index < -0.39 is 0 Å². The van der Waals surface area contributed by atoms with Crippen LogP contribution >= 0.6 is 0 Å². The van der Waals surface area contributed by atoms with Crippen molar-refractivity contribution in [1.29, 1.82) is 0 Å². The van der Waals surface area contributed by atoms with E-state index >= 15 is 0 Å². The van der Waals surface area contributed by atoms with Crippen LogP contribution in [0.15, 0.2) is 30.3 Å². The van der Waals surface area contributed by atoms with Crippen LogP contribution < -0.4 is 5.32 Å². The summed E-state index contributed by atoms with van der Waals surface area (Å²) in [5.41, 5.74) is 1.28. The molecule has 2 amide bonds. The van der Waals surface area contributed by atoms with Gasteiger partial charge in [0.05, 0.1) is 13.2 Å². The Labute approximate surface area is 172 Å². The number of carbonyl (C=O) groups is 2. The van der Waals surface area contributed by atoms with E-state index in [1.165, 1.54) is 5.56 Å². The zero-order chi connectivity index (χ0) is 20.1. The molecule has 7 nitrogen and oxygen atoms in total. The average Bonchev–Trinajstić information content (AvgIpc) is 3.53. The Morgan fingerprint density at radius 2 is 1.79 bits per heavy atom. The Kier molecular flexibility index (Phi) is 6.67. The minimum atomic E-state index is -0.297. The van der Waals surface area contributed by atoms with Crippen molar-refractivity contribution in [3.8, 4) is 0 Å². The Morgan fingerprint density at radius 1 is 1.07 bits per heavy atom. The first-order chi connectivity index (χ1) is 14.2. The van der Waals surface area contributed by atoms with Gasteiger partial charge in [-0.05, 0) is 24.8 Å². The quantitative estimate of drug-likeness (QED) is 0.789. The molecule has 0 radical (unpaired) electrons. The fourth-order valence-corrected chi connectivity index (χ4v) is 4.24. The second-order valence-corrected chi connectivity index (χ2v) is 8.19. The fraction of sp³-hybridized carbons (Fsp3) is 0.636. The monoisotopic (exact) mass is 401 g/mol. The first-order valence-corrected chi connectivity index (χ1v) is 10.8. The van der Waals surface area contributed by atoms with Crippen LogP contribution in [0.3, 0.4) is 0 Å². The van der Waals surface area contributed by atoms with Gasteiger partial charge in [-0.3, -0.25) is 4.79 Å². The third-order valence-electron chi connectivity index (χ3n) is 6.14. The molecule has 2 heterocycles. The van der Waals surface area contributed by atoms with Crippen LogP contribution in [0.4, 0.5) is 4.79 Å². The third-order valence-corrected chi connectivity index (χ3v) is 6.14. The first kappa shape index (κ1) is 20.2. The second-order valence-electron chi connectivity index (χ2n) is 8.19. The highest BCUT2D eigenvalue weighted by Gasteiger charge is 2.40. The van der Waals surface area contributed by atoms with E-state index in [-0.39, 0.29) is 24.1 Å². The molecule has 0 bridgehead atoms. The topological polar surface area (TPSA) is 71.1 Å². The highest BCUT2D eigenvalue weighted by atomic mass is 16.6. The van der Waals surface area contributed by atoms with Gasteiger partial charge in [-0.25, -0.2) is 4.79 Å². The molecule has 2 saturated heterocycles. The van der Waals surface area contributed by atoms with Crippen molar-refractivity contribution in [1.82, 2.24) is 15.1 Å². The van der Waals surface area contributed by atoms with Crippen molar-refractivity contribution < 1.29 is 19.1 Å². The van der Waals surface area contributed by atoms with Gasteiger partial charge in [0.1, 0.15) is 6.10 Å². The maximum absolute atomic E-state index is 12.3. The van der Waals surface area contributed by atoms with Crippen molar-refractivity contribution in [2.45, 2.75) is 43.7 Å². The van der Waals surface area contributed by atoms with Crippen molar-refractivity contribution in [2.24, 2.45) is 0 Å². The number of rotatable bonds is 6. The highest BCUT2D eigenvalue weighted by Crippen LogP contribution is 2.40. The summed E-state index contributed by atoms with van der Waals surface area (Å²) < 4.78 is 10.9. The lowest BCUT2D eigenvalue weighted by Crippen LogP contribution is -2.44. The van der Waals surface area contributed by atoms with E-state index in [2.05, 4.69) is 22.3 Å². The lowest BCUT2D eigenvalue weighted by atomic mass is 10.1. The molecule has 0 aromatic heterocycles. The standard InChI is InChI=1S/C22H31N3O4/c26-21(25-12-14-28-15-13-25)8-11-24-9-6-18(7-10-24)29-22(27)23-20-16-19(20)17-4-2-1-3-5-17/h1-5,18-20H,6-16H2,(H,23,27)/t19-,20+/m0/s1. The number of hydrogen-bond acceptors (Lipinski definition) is 5. The minimum Gasteiger partial charge on any atom is -0.446 e. The third kappa shape index (κ3) is 5.70. The van der Waals surface area contributed by atoms with Crippen molar-refractivity contribution in [3.05, 3.63) is 35.9 Å². The normalized spacial score (nSPS) is 25.4. The van der Waals surface area contributed by atoms with Crippen molar-refractivity contribution in [3.63, 3.8) is 0 Å². The number of alkyl carbamates (subject to hydrolysis) is 1. The number of nitrogens with zero attached hydrogens (tertiary/aromatic N) is 2.